The molecule has 2 aromatic carbocycles. The molecule has 0 fully saturated rings. The zero-order chi connectivity index (χ0) is 15.7. The van der Waals surface area contributed by atoms with Crippen LogP contribution in [0.4, 0.5) is 0 Å². The Morgan fingerprint density at radius 2 is 1.86 bits per heavy atom. The molecule has 114 valence electrons. The Kier molecular flexibility index (Phi) is 4.11. The van der Waals surface area contributed by atoms with Crippen LogP contribution in [0, 0.1) is 0 Å². The van der Waals surface area contributed by atoms with Crippen LogP contribution in [0.5, 0.6) is 0 Å². The molecule has 1 aromatic heterocycles. The van der Waals surface area contributed by atoms with E-state index in [1.165, 1.54) is 11.8 Å². The van der Waals surface area contributed by atoms with Crippen LogP contribution in [-0.2, 0) is 9.53 Å². The summed E-state index contributed by atoms with van der Waals surface area (Å²) in [6.45, 7) is 0. The lowest BCUT2D eigenvalue weighted by atomic mass is 10.00. The summed E-state index contributed by atoms with van der Waals surface area (Å²) in [5.41, 5.74) is 0.590. The number of thiophene rings is 1. The lowest BCUT2D eigenvalue weighted by Crippen LogP contribution is -2.22. The number of esters is 1. The standard InChI is InChI=1S/C17H16O4S/c1-21-16(19)9-13(18)17(20)10-6-7-15-12(8-10)11-4-2-3-5-14(11)22-15/h2-8,13,17-18,20H,9H2,1H3. The summed E-state index contributed by atoms with van der Waals surface area (Å²) in [6.07, 6.45) is -2.54. The van der Waals surface area contributed by atoms with E-state index in [-0.39, 0.29) is 6.42 Å². The molecule has 4 nitrogen and oxygen atoms in total. The van der Waals surface area contributed by atoms with E-state index in [9.17, 15) is 15.0 Å². The van der Waals surface area contributed by atoms with E-state index in [2.05, 4.69) is 10.8 Å². The third-order valence-electron chi connectivity index (χ3n) is 3.71. The first-order valence-electron chi connectivity index (χ1n) is 6.94. The molecule has 0 radical (unpaired) electrons. The largest absolute Gasteiger partial charge is 0.469 e. The van der Waals surface area contributed by atoms with Gasteiger partial charge in [0, 0.05) is 20.2 Å². The van der Waals surface area contributed by atoms with Crippen LogP contribution in [0.2, 0.25) is 0 Å². The van der Waals surface area contributed by atoms with E-state index in [4.69, 9.17) is 0 Å². The minimum absolute atomic E-state index is 0.236. The molecule has 0 bridgehead atoms. The van der Waals surface area contributed by atoms with Crippen LogP contribution in [0.3, 0.4) is 0 Å². The van der Waals surface area contributed by atoms with Gasteiger partial charge in [0.2, 0.25) is 0 Å². The van der Waals surface area contributed by atoms with Crippen molar-refractivity contribution in [1.29, 1.82) is 0 Å². The number of fused-ring (bicyclic) bond motifs is 3. The fourth-order valence-corrected chi connectivity index (χ4v) is 3.60. The summed E-state index contributed by atoms with van der Waals surface area (Å²) >= 11 is 1.69. The number of methoxy groups -OCH3 is 1. The second-order valence-electron chi connectivity index (χ2n) is 5.15. The molecule has 0 aliphatic rings. The monoisotopic (exact) mass is 316 g/mol. The fraction of sp³-hybridized carbons (Fsp3) is 0.235. The molecule has 0 spiro atoms. The number of hydrogen-bond acceptors (Lipinski definition) is 5. The maximum atomic E-state index is 11.2. The highest BCUT2D eigenvalue weighted by atomic mass is 32.1. The van der Waals surface area contributed by atoms with Crippen molar-refractivity contribution in [1.82, 2.24) is 0 Å². The zero-order valence-corrected chi connectivity index (χ0v) is 12.8. The second kappa shape index (κ2) is 6.04. The van der Waals surface area contributed by atoms with Crippen LogP contribution in [-0.4, -0.2) is 29.4 Å². The van der Waals surface area contributed by atoms with E-state index in [0.29, 0.717) is 5.56 Å². The summed E-state index contributed by atoms with van der Waals surface area (Å²) < 4.78 is 6.82. The predicted molar refractivity (Wildman–Crippen MR) is 86.9 cm³/mol. The first-order chi connectivity index (χ1) is 10.6. The Labute approximate surface area is 131 Å². The van der Waals surface area contributed by atoms with Crippen LogP contribution in [0.1, 0.15) is 18.1 Å². The summed E-state index contributed by atoms with van der Waals surface area (Å²) in [4.78, 5) is 11.2. The first-order valence-corrected chi connectivity index (χ1v) is 7.76. The van der Waals surface area contributed by atoms with Gasteiger partial charge in [-0.05, 0) is 23.8 Å². The third-order valence-corrected chi connectivity index (χ3v) is 4.86. The van der Waals surface area contributed by atoms with Crippen molar-refractivity contribution in [3.63, 3.8) is 0 Å². The molecule has 3 aromatic rings. The SMILES string of the molecule is COC(=O)CC(O)C(O)c1ccc2sc3ccccc3c2c1. The lowest BCUT2D eigenvalue weighted by molar-refractivity contribution is -0.144. The van der Waals surface area contributed by atoms with Gasteiger partial charge in [-0.25, -0.2) is 0 Å². The number of benzene rings is 2. The van der Waals surface area contributed by atoms with Gasteiger partial charge in [0.1, 0.15) is 6.10 Å². The molecule has 0 amide bonds. The second-order valence-corrected chi connectivity index (χ2v) is 6.23. The summed E-state index contributed by atoms with van der Waals surface area (Å²) in [5.74, 6) is -0.548. The highest BCUT2D eigenvalue weighted by molar-refractivity contribution is 7.25. The third kappa shape index (κ3) is 2.70. The number of aliphatic hydroxyl groups is 2. The Morgan fingerprint density at radius 1 is 1.14 bits per heavy atom. The minimum Gasteiger partial charge on any atom is -0.469 e. The zero-order valence-electron chi connectivity index (χ0n) is 12.0. The van der Waals surface area contributed by atoms with Gasteiger partial charge in [0.05, 0.1) is 19.6 Å². The van der Waals surface area contributed by atoms with Crippen molar-refractivity contribution in [3.05, 3.63) is 48.0 Å². The molecule has 0 saturated carbocycles. The maximum absolute atomic E-state index is 11.2. The summed E-state index contributed by atoms with van der Waals surface area (Å²) in [6, 6.07) is 13.7. The van der Waals surface area contributed by atoms with Gasteiger partial charge in [-0.1, -0.05) is 24.3 Å². The van der Waals surface area contributed by atoms with E-state index in [1.807, 2.05) is 30.3 Å². The van der Waals surface area contributed by atoms with E-state index in [1.54, 1.807) is 17.4 Å². The van der Waals surface area contributed by atoms with Gasteiger partial charge in [-0.15, -0.1) is 11.3 Å². The van der Waals surface area contributed by atoms with Crippen LogP contribution >= 0.6 is 11.3 Å². The molecular formula is C17H16O4S. The first kappa shape index (κ1) is 15.0. The predicted octanol–water partition coefficient (Wildman–Crippen LogP) is 3.01. The van der Waals surface area contributed by atoms with E-state index < -0.39 is 18.2 Å². The Balaban J connectivity index is 1.97. The molecule has 0 aliphatic heterocycles. The van der Waals surface area contributed by atoms with E-state index >= 15 is 0 Å². The quantitative estimate of drug-likeness (QED) is 0.726. The topological polar surface area (TPSA) is 66.8 Å². The minimum atomic E-state index is -1.19. The number of carbonyl (C=O) groups excluding carboxylic acids is 1. The fourth-order valence-electron chi connectivity index (χ4n) is 2.52. The molecule has 22 heavy (non-hydrogen) atoms. The summed E-state index contributed by atoms with van der Waals surface area (Å²) in [7, 11) is 1.25. The van der Waals surface area contributed by atoms with Crippen molar-refractivity contribution in [3.8, 4) is 0 Å². The number of ether oxygens (including phenoxy) is 1. The number of carbonyl (C=O) groups is 1. The van der Waals surface area contributed by atoms with Gasteiger partial charge < -0.3 is 14.9 Å². The highest BCUT2D eigenvalue weighted by Gasteiger charge is 2.22. The molecule has 2 N–H and O–H groups in total. The Hall–Kier alpha value is -1.95. The number of aliphatic hydroxyl groups excluding tert-OH is 2. The number of rotatable bonds is 4. The smallest absolute Gasteiger partial charge is 0.308 e. The summed E-state index contributed by atoms with van der Waals surface area (Å²) in [5, 5.41) is 22.4. The normalized spacial score (nSPS) is 14.1. The highest BCUT2D eigenvalue weighted by Crippen LogP contribution is 2.35. The van der Waals surface area contributed by atoms with Gasteiger partial charge in [-0.3, -0.25) is 4.79 Å². The molecule has 2 unspecified atom stereocenters. The molecule has 2 atom stereocenters. The molecule has 5 heteroatoms. The van der Waals surface area contributed by atoms with Crippen molar-refractivity contribution in [2.24, 2.45) is 0 Å². The van der Waals surface area contributed by atoms with Crippen molar-refractivity contribution in [2.75, 3.05) is 7.11 Å². The molecule has 1 heterocycles. The lowest BCUT2D eigenvalue weighted by Gasteiger charge is -2.17. The van der Waals surface area contributed by atoms with Crippen molar-refractivity contribution >= 4 is 37.5 Å². The van der Waals surface area contributed by atoms with Crippen LogP contribution < -0.4 is 0 Å². The number of hydrogen-bond donors (Lipinski definition) is 2. The maximum Gasteiger partial charge on any atom is 0.308 e. The van der Waals surface area contributed by atoms with Crippen molar-refractivity contribution in [2.45, 2.75) is 18.6 Å². The molecule has 0 aliphatic carbocycles. The van der Waals surface area contributed by atoms with E-state index in [0.717, 1.165) is 15.5 Å². The van der Waals surface area contributed by atoms with Gasteiger partial charge in [0.15, 0.2) is 0 Å². The average molecular weight is 316 g/mol. The van der Waals surface area contributed by atoms with Crippen LogP contribution in [0.25, 0.3) is 20.2 Å². The molecule has 0 saturated heterocycles. The Bertz CT molecular complexity index is 824. The Morgan fingerprint density at radius 3 is 2.64 bits per heavy atom. The van der Waals surface area contributed by atoms with Gasteiger partial charge in [-0.2, -0.15) is 0 Å². The van der Waals surface area contributed by atoms with Crippen LogP contribution in [0.15, 0.2) is 42.5 Å². The van der Waals surface area contributed by atoms with Crippen molar-refractivity contribution < 1.29 is 19.7 Å². The van der Waals surface area contributed by atoms with Gasteiger partial charge in [0.25, 0.3) is 0 Å². The van der Waals surface area contributed by atoms with Gasteiger partial charge >= 0.3 is 5.97 Å². The molecular weight excluding hydrogens is 300 g/mol. The average Bonchev–Trinajstić information content (AvgIpc) is 2.91. The molecule has 3 rings (SSSR count).